The second kappa shape index (κ2) is 15.6. The number of hydrogen-bond acceptors (Lipinski definition) is 1. The Kier molecular flexibility index (Phi) is 12.5. The molecule has 1 unspecified atom stereocenters. The molecule has 0 heterocycles. The minimum Gasteiger partial charge on any atom is -0.491 e. The van der Waals surface area contributed by atoms with E-state index in [9.17, 15) is 4.39 Å². The monoisotopic (exact) mass is 470 g/mol. The number of allylic oxidation sites excluding steroid dienone is 2. The summed E-state index contributed by atoms with van der Waals surface area (Å²) in [6.45, 7) is 5.12. The zero-order chi connectivity index (χ0) is 24.0. The maximum atomic E-state index is 14.4. The molecular formula is C32H51FO. The van der Waals surface area contributed by atoms with Gasteiger partial charge >= 0.3 is 0 Å². The van der Waals surface area contributed by atoms with E-state index in [1.54, 1.807) is 11.6 Å². The Hall–Kier alpha value is -1.31. The number of aryl methyl sites for hydroxylation is 1. The summed E-state index contributed by atoms with van der Waals surface area (Å²) < 4.78 is 20.1. The first-order valence-electron chi connectivity index (χ1n) is 14.8. The van der Waals surface area contributed by atoms with Gasteiger partial charge in [0.15, 0.2) is 11.6 Å². The molecule has 0 aromatic heterocycles. The highest BCUT2D eigenvalue weighted by molar-refractivity contribution is 5.30. The maximum Gasteiger partial charge on any atom is 0.165 e. The lowest BCUT2D eigenvalue weighted by Crippen LogP contribution is -2.23. The molecule has 2 aliphatic carbocycles. The van der Waals surface area contributed by atoms with Crippen LogP contribution < -0.4 is 4.74 Å². The van der Waals surface area contributed by atoms with Crippen LogP contribution in [-0.4, -0.2) is 6.61 Å². The minimum absolute atomic E-state index is 0.202. The van der Waals surface area contributed by atoms with Crippen molar-refractivity contribution in [3.05, 3.63) is 41.2 Å². The predicted octanol–water partition coefficient (Wildman–Crippen LogP) is 10.2. The smallest absolute Gasteiger partial charge is 0.165 e. The van der Waals surface area contributed by atoms with Gasteiger partial charge in [0.2, 0.25) is 0 Å². The topological polar surface area (TPSA) is 9.23 Å². The number of unbranched alkanes of at least 4 members (excludes halogenated alkanes) is 6. The first-order chi connectivity index (χ1) is 16.7. The highest BCUT2D eigenvalue weighted by Gasteiger charge is 2.28. The molecule has 1 aromatic carbocycles. The normalized spacial score (nSPS) is 23.0. The molecule has 1 nitrogen and oxygen atoms in total. The number of halogens is 1. The Morgan fingerprint density at radius 1 is 0.824 bits per heavy atom. The van der Waals surface area contributed by atoms with E-state index < -0.39 is 0 Å². The molecule has 0 saturated heterocycles. The lowest BCUT2D eigenvalue weighted by Gasteiger charge is -2.35. The van der Waals surface area contributed by atoms with Crippen LogP contribution in [0.2, 0.25) is 0 Å². The van der Waals surface area contributed by atoms with Gasteiger partial charge in [0.05, 0.1) is 6.61 Å². The second-order valence-corrected chi connectivity index (χ2v) is 11.2. The van der Waals surface area contributed by atoms with Crippen molar-refractivity contribution in [3.8, 4) is 5.75 Å². The van der Waals surface area contributed by atoms with E-state index in [4.69, 9.17) is 4.74 Å². The second-order valence-electron chi connectivity index (χ2n) is 11.2. The van der Waals surface area contributed by atoms with Gasteiger partial charge in [0.25, 0.3) is 0 Å². The average molecular weight is 471 g/mol. The van der Waals surface area contributed by atoms with Crippen molar-refractivity contribution in [1.82, 2.24) is 0 Å². The summed E-state index contributed by atoms with van der Waals surface area (Å²) in [5.74, 6) is 3.10. The van der Waals surface area contributed by atoms with Gasteiger partial charge in [-0.25, -0.2) is 4.39 Å². The molecule has 3 rings (SSSR count). The minimum atomic E-state index is -0.202. The van der Waals surface area contributed by atoms with Crippen LogP contribution >= 0.6 is 0 Å². The van der Waals surface area contributed by atoms with Gasteiger partial charge in [-0.05, 0) is 86.8 Å². The molecule has 1 fully saturated rings. The molecule has 0 spiro atoms. The molecular weight excluding hydrogens is 419 g/mol. The fraction of sp³-hybridized carbons (Fsp3) is 0.750. The number of ether oxygens (including phenoxy) is 1. The third-order valence-electron chi connectivity index (χ3n) is 8.56. The molecule has 0 bridgehead atoms. The van der Waals surface area contributed by atoms with Crippen LogP contribution in [0.4, 0.5) is 4.39 Å². The quantitative estimate of drug-likeness (QED) is 0.183. The lowest BCUT2D eigenvalue weighted by molar-refractivity contribution is 0.185. The molecule has 0 aliphatic heterocycles. The van der Waals surface area contributed by atoms with Gasteiger partial charge < -0.3 is 4.74 Å². The van der Waals surface area contributed by atoms with Crippen molar-refractivity contribution < 1.29 is 9.13 Å². The fourth-order valence-electron chi connectivity index (χ4n) is 6.20. The zero-order valence-electron chi connectivity index (χ0n) is 22.3. The average Bonchev–Trinajstić information content (AvgIpc) is 2.87. The van der Waals surface area contributed by atoms with Crippen LogP contribution in [0.3, 0.4) is 0 Å². The fourth-order valence-corrected chi connectivity index (χ4v) is 6.20. The van der Waals surface area contributed by atoms with Crippen molar-refractivity contribution in [3.63, 3.8) is 0 Å². The third-order valence-corrected chi connectivity index (χ3v) is 8.56. The molecule has 1 saturated carbocycles. The van der Waals surface area contributed by atoms with E-state index in [1.807, 2.05) is 6.07 Å². The summed E-state index contributed by atoms with van der Waals surface area (Å²) in [7, 11) is 0. The van der Waals surface area contributed by atoms with E-state index in [-0.39, 0.29) is 5.82 Å². The Labute approximate surface area is 209 Å². The van der Waals surface area contributed by atoms with E-state index in [0.717, 1.165) is 49.0 Å². The third kappa shape index (κ3) is 9.38. The molecule has 34 heavy (non-hydrogen) atoms. The molecule has 0 radical (unpaired) electrons. The van der Waals surface area contributed by atoms with Crippen molar-refractivity contribution in [2.45, 2.75) is 129 Å². The van der Waals surface area contributed by atoms with Crippen LogP contribution in [0.25, 0.3) is 0 Å². The first kappa shape index (κ1) is 27.3. The largest absolute Gasteiger partial charge is 0.491 e. The van der Waals surface area contributed by atoms with Gasteiger partial charge in [0, 0.05) is 0 Å². The van der Waals surface area contributed by atoms with Crippen molar-refractivity contribution in [2.24, 2.45) is 17.8 Å². The SMILES string of the molecule is CCCCCCOc1ccc(CCC2=CCC(C3CCC(CCCCCC)CC3)CC2)cc1F. The summed E-state index contributed by atoms with van der Waals surface area (Å²) in [5.41, 5.74) is 2.69. The van der Waals surface area contributed by atoms with Crippen molar-refractivity contribution in [1.29, 1.82) is 0 Å². The Morgan fingerprint density at radius 3 is 2.26 bits per heavy atom. The number of rotatable bonds is 15. The van der Waals surface area contributed by atoms with E-state index in [1.165, 1.54) is 89.9 Å². The van der Waals surface area contributed by atoms with Crippen LogP contribution in [-0.2, 0) is 6.42 Å². The van der Waals surface area contributed by atoms with Crippen LogP contribution in [0, 0.1) is 23.6 Å². The highest BCUT2D eigenvalue weighted by Crippen LogP contribution is 2.41. The van der Waals surface area contributed by atoms with Crippen LogP contribution in [0.1, 0.15) is 129 Å². The Balaban J connectivity index is 1.33. The molecule has 192 valence electrons. The molecule has 0 N–H and O–H groups in total. The molecule has 2 aliphatic rings. The van der Waals surface area contributed by atoms with E-state index in [2.05, 4.69) is 26.0 Å². The van der Waals surface area contributed by atoms with Crippen molar-refractivity contribution in [2.75, 3.05) is 6.61 Å². The van der Waals surface area contributed by atoms with Gasteiger partial charge in [-0.1, -0.05) is 95.8 Å². The number of hydrogen-bond donors (Lipinski definition) is 0. The molecule has 1 aromatic rings. The summed E-state index contributed by atoms with van der Waals surface area (Å²) >= 11 is 0. The summed E-state index contributed by atoms with van der Waals surface area (Å²) in [6, 6.07) is 5.57. The van der Waals surface area contributed by atoms with Gasteiger partial charge in [-0.15, -0.1) is 0 Å². The highest BCUT2D eigenvalue weighted by atomic mass is 19.1. The van der Waals surface area contributed by atoms with E-state index >= 15 is 0 Å². The molecule has 1 atom stereocenters. The first-order valence-corrected chi connectivity index (χ1v) is 14.8. The van der Waals surface area contributed by atoms with Gasteiger partial charge in [-0.3, -0.25) is 0 Å². The van der Waals surface area contributed by atoms with Gasteiger partial charge in [0.1, 0.15) is 0 Å². The van der Waals surface area contributed by atoms with Gasteiger partial charge in [-0.2, -0.15) is 0 Å². The van der Waals surface area contributed by atoms with Crippen LogP contribution in [0.5, 0.6) is 5.75 Å². The van der Waals surface area contributed by atoms with Crippen LogP contribution in [0.15, 0.2) is 29.8 Å². The van der Waals surface area contributed by atoms with E-state index in [0.29, 0.717) is 12.4 Å². The summed E-state index contributed by atoms with van der Waals surface area (Å²) in [5, 5.41) is 0. The predicted molar refractivity (Wildman–Crippen MR) is 144 cm³/mol. The number of benzene rings is 1. The zero-order valence-corrected chi connectivity index (χ0v) is 22.3. The summed E-state index contributed by atoms with van der Waals surface area (Å²) in [6.07, 6.45) is 26.1. The Bertz CT molecular complexity index is 716. The molecule has 2 heteroatoms. The van der Waals surface area contributed by atoms with Crippen molar-refractivity contribution >= 4 is 0 Å². The Morgan fingerprint density at radius 2 is 1.59 bits per heavy atom. The summed E-state index contributed by atoms with van der Waals surface area (Å²) in [4.78, 5) is 0. The maximum absolute atomic E-state index is 14.4. The standard InChI is InChI=1S/C32H51FO/c1-3-5-7-9-11-26-14-19-29(20-15-26)30-21-16-27(17-22-30)12-13-28-18-23-32(31(33)25-28)34-24-10-8-6-4-2/h16,18,23,25-26,29-30H,3-15,17,19-22,24H2,1-2H3. The molecule has 0 amide bonds. The lowest BCUT2D eigenvalue weighted by atomic mass is 9.70.